The van der Waals surface area contributed by atoms with Crippen LogP contribution in [0.4, 0.5) is 0 Å². The predicted molar refractivity (Wildman–Crippen MR) is 167 cm³/mol. The lowest BCUT2D eigenvalue weighted by molar-refractivity contribution is 1.31. The summed E-state index contributed by atoms with van der Waals surface area (Å²) in [5.74, 6) is 1.64. The molecular formula is C34H22N8. The molecule has 42 heavy (non-hydrogen) atoms. The van der Waals surface area contributed by atoms with Gasteiger partial charge in [0.15, 0.2) is 0 Å². The lowest BCUT2D eigenvalue weighted by Crippen LogP contribution is -1.84. The third kappa shape index (κ3) is 3.70. The highest BCUT2D eigenvalue weighted by Crippen LogP contribution is 2.31. The molecule has 0 radical (unpaired) electrons. The van der Waals surface area contributed by atoms with E-state index in [1.807, 2.05) is 6.07 Å². The zero-order valence-electron chi connectivity index (χ0n) is 22.2. The summed E-state index contributed by atoms with van der Waals surface area (Å²) in [6, 6.07) is 33.4. The van der Waals surface area contributed by atoms with Crippen LogP contribution in [0.15, 0.2) is 110 Å². The largest absolute Gasteiger partial charge is 0.345 e. The summed E-state index contributed by atoms with van der Waals surface area (Å²) >= 11 is 0. The molecule has 4 N–H and O–H groups in total. The first kappa shape index (κ1) is 22.8. The Hall–Kier alpha value is -6.02. The maximum atomic E-state index is 4.95. The molecule has 0 aliphatic heterocycles. The summed E-state index contributed by atoms with van der Waals surface area (Å²) in [7, 11) is 0. The molecular weight excluding hydrogens is 520 g/mol. The van der Waals surface area contributed by atoms with Crippen LogP contribution in [-0.2, 0) is 0 Å². The molecule has 0 spiro atoms. The molecule has 0 unspecified atom stereocenters. The second-order valence-electron chi connectivity index (χ2n) is 10.5. The fraction of sp³-hybridized carbons (Fsp3) is 0. The van der Waals surface area contributed by atoms with Crippen LogP contribution in [0.1, 0.15) is 0 Å². The number of hydrogen-bond donors (Lipinski definition) is 4. The quantitative estimate of drug-likeness (QED) is 0.181. The highest BCUT2D eigenvalue weighted by Gasteiger charge is 2.12. The van der Waals surface area contributed by atoms with Gasteiger partial charge in [-0.05, 0) is 76.9 Å². The summed E-state index contributed by atoms with van der Waals surface area (Å²) in [5.41, 5.74) is 14.2. The van der Waals surface area contributed by atoms with Gasteiger partial charge in [-0.25, -0.2) is 19.9 Å². The number of rotatable bonds is 4. The SMILES string of the molecule is c1cc(-c2nc3cc(-c4ccc5[nH]cnc5c4)ccc3[nH]2)cc(-c2nc3ccc(-c4ccc5[nH]cnc5c4)cc3[nH]2)c1. The fourth-order valence-electron chi connectivity index (χ4n) is 5.68. The van der Waals surface area contributed by atoms with E-state index in [1.165, 1.54) is 0 Å². The van der Waals surface area contributed by atoms with Crippen molar-refractivity contribution >= 4 is 44.1 Å². The molecule has 0 aliphatic carbocycles. The van der Waals surface area contributed by atoms with Gasteiger partial charge >= 0.3 is 0 Å². The van der Waals surface area contributed by atoms with Gasteiger partial charge < -0.3 is 19.9 Å². The standard InChI is InChI=1S/C34H22N8/c1-2-23(33-39-27-10-6-21(15-31(27)41-33)19-4-8-25-29(13-19)37-17-35-25)12-24(3-1)34-40-28-11-7-22(16-32(28)42-34)20-5-9-26-30(14-20)38-18-36-26/h1-18H,(H,35,37)(H,36,38)(H,39,41)(H,40,42). The average molecular weight is 543 g/mol. The Morgan fingerprint density at radius 2 is 0.905 bits per heavy atom. The molecule has 0 fully saturated rings. The van der Waals surface area contributed by atoms with Crippen molar-refractivity contribution in [1.29, 1.82) is 0 Å². The fourth-order valence-corrected chi connectivity index (χ4v) is 5.68. The minimum Gasteiger partial charge on any atom is -0.345 e. The Labute approximate surface area is 238 Å². The zero-order chi connectivity index (χ0) is 27.6. The molecule has 4 heterocycles. The van der Waals surface area contributed by atoms with E-state index >= 15 is 0 Å². The van der Waals surface area contributed by atoms with Gasteiger partial charge in [0.25, 0.3) is 0 Å². The predicted octanol–water partition coefficient (Wildman–Crippen LogP) is 7.86. The van der Waals surface area contributed by atoms with Gasteiger partial charge in [-0.3, -0.25) is 0 Å². The first-order valence-electron chi connectivity index (χ1n) is 13.7. The van der Waals surface area contributed by atoms with Crippen molar-refractivity contribution in [2.45, 2.75) is 0 Å². The Bertz CT molecular complexity index is 2270. The van der Waals surface area contributed by atoms with Crippen LogP contribution in [0, 0.1) is 0 Å². The van der Waals surface area contributed by atoms with Crippen LogP contribution < -0.4 is 0 Å². The van der Waals surface area contributed by atoms with Crippen molar-refractivity contribution < 1.29 is 0 Å². The average Bonchev–Trinajstić information content (AvgIpc) is 3.85. The van der Waals surface area contributed by atoms with E-state index < -0.39 is 0 Å². The Morgan fingerprint density at radius 3 is 1.57 bits per heavy atom. The molecule has 4 aromatic heterocycles. The number of nitrogens with one attached hydrogen (secondary N) is 4. The van der Waals surface area contributed by atoms with Gasteiger partial charge in [0.1, 0.15) is 11.6 Å². The van der Waals surface area contributed by atoms with E-state index in [-0.39, 0.29) is 0 Å². The first-order valence-corrected chi connectivity index (χ1v) is 13.7. The lowest BCUT2D eigenvalue weighted by atomic mass is 10.0. The minimum absolute atomic E-state index is 0.818. The molecule has 9 rings (SSSR count). The van der Waals surface area contributed by atoms with Gasteiger partial charge in [0.05, 0.1) is 56.8 Å². The molecule has 0 bridgehead atoms. The van der Waals surface area contributed by atoms with Gasteiger partial charge in [-0.1, -0.05) is 42.5 Å². The zero-order valence-corrected chi connectivity index (χ0v) is 22.2. The highest BCUT2D eigenvalue weighted by atomic mass is 14.9. The smallest absolute Gasteiger partial charge is 0.138 e. The second kappa shape index (κ2) is 8.74. The van der Waals surface area contributed by atoms with Crippen molar-refractivity contribution in [2.24, 2.45) is 0 Å². The Kier molecular flexibility index (Phi) is 4.74. The monoisotopic (exact) mass is 542 g/mol. The number of hydrogen-bond acceptors (Lipinski definition) is 4. The molecule has 0 saturated heterocycles. The maximum absolute atomic E-state index is 4.95. The number of benzene rings is 5. The van der Waals surface area contributed by atoms with Crippen molar-refractivity contribution in [3.8, 4) is 45.0 Å². The number of H-pyrrole nitrogens is 4. The van der Waals surface area contributed by atoms with Crippen LogP contribution in [0.5, 0.6) is 0 Å². The van der Waals surface area contributed by atoms with Crippen molar-refractivity contribution in [3.05, 3.63) is 110 Å². The van der Waals surface area contributed by atoms with E-state index in [0.29, 0.717) is 0 Å². The van der Waals surface area contributed by atoms with Crippen LogP contribution in [0.2, 0.25) is 0 Å². The van der Waals surface area contributed by atoms with E-state index in [4.69, 9.17) is 9.97 Å². The summed E-state index contributed by atoms with van der Waals surface area (Å²) < 4.78 is 0. The number of fused-ring (bicyclic) bond motifs is 4. The third-order valence-electron chi connectivity index (χ3n) is 7.88. The summed E-state index contributed by atoms with van der Waals surface area (Å²) in [6.07, 6.45) is 3.44. The molecule has 8 heteroatoms. The molecule has 5 aromatic carbocycles. The van der Waals surface area contributed by atoms with Gasteiger partial charge in [-0.2, -0.15) is 0 Å². The normalized spacial score (nSPS) is 11.8. The summed E-state index contributed by atoms with van der Waals surface area (Å²) in [5, 5.41) is 0. The highest BCUT2D eigenvalue weighted by molar-refractivity contribution is 5.89. The Morgan fingerprint density at radius 1 is 0.381 bits per heavy atom. The minimum atomic E-state index is 0.818. The van der Waals surface area contributed by atoms with Crippen LogP contribution >= 0.6 is 0 Å². The van der Waals surface area contributed by atoms with Crippen molar-refractivity contribution in [3.63, 3.8) is 0 Å². The molecule has 0 atom stereocenters. The van der Waals surface area contributed by atoms with Gasteiger partial charge in [0.2, 0.25) is 0 Å². The molecule has 9 aromatic rings. The summed E-state index contributed by atoms with van der Waals surface area (Å²) in [6.45, 7) is 0. The van der Waals surface area contributed by atoms with E-state index in [9.17, 15) is 0 Å². The number of aromatic nitrogens is 8. The molecule has 198 valence electrons. The Balaban J connectivity index is 1.05. The third-order valence-corrected chi connectivity index (χ3v) is 7.88. The number of nitrogens with zero attached hydrogens (tertiary/aromatic N) is 4. The molecule has 0 saturated carbocycles. The molecule has 0 aliphatic rings. The van der Waals surface area contributed by atoms with E-state index in [1.54, 1.807) is 12.7 Å². The topological polar surface area (TPSA) is 115 Å². The van der Waals surface area contributed by atoms with Gasteiger partial charge in [0, 0.05) is 11.1 Å². The lowest BCUT2D eigenvalue weighted by Gasteiger charge is -2.02. The van der Waals surface area contributed by atoms with Crippen LogP contribution in [-0.4, -0.2) is 39.9 Å². The van der Waals surface area contributed by atoms with E-state index in [0.717, 1.165) is 89.2 Å². The number of imidazole rings is 4. The van der Waals surface area contributed by atoms with Crippen molar-refractivity contribution in [1.82, 2.24) is 39.9 Å². The van der Waals surface area contributed by atoms with E-state index in [2.05, 4.69) is 121 Å². The second-order valence-corrected chi connectivity index (χ2v) is 10.5. The number of aromatic amines is 4. The van der Waals surface area contributed by atoms with Gasteiger partial charge in [-0.15, -0.1) is 0 Å². The molecule has 0 amide bonds. The van der Waals surface area contributed by atoms with Crippen molar-refractivity contribution in [2.75, 3.05) is 0 Å². The first-order chi connectivity index (χ1) is 20.7. The summed E-state index contributed by atoms with van der Waals surface area (Å²) in [4.78, 5) is 31.9. The molecule has 8 nitrogen and oxygen atoms in total. The maximum Gasteiger partial charge on any atom is 0.138 e. The van der Waals surface area contributed by atoms with Crippen LogP contribution in [0.25, 0.3) is 89.2 Å². The van der Waals surface area contributed by atoms with Crippen LogP contribution in [0.3, 0.4) is 0 Å².